The minimum atomic E-state index is -3.10. The van der Waals surface area contributed by atoms with Crippen molar-refractivity contribution in [2.45, 2.75) is 12.7 Å². The van der Waals surface area contributed by atoms with E-state index in [0.29, 0.717) is 0 Å². The molecule has 0 aliphatic heterocycles. The number of halogens is 4. The van der Waals surface area contributed by atoms with Crippen LogP contribution in [0.15, 0.2) is 42.5 Å². The van der Waals surface area contributed by atoms with Crippen LogP contribution in [-0.2, 0) is 0 Å². The smallest absolute Gasteiger partial charge is 0.387 e. The Morgan fingerprint density at radius 3 is 2.10 bits per heavy atom. The monoisotopic (exact) mass is 286 g/mol. The number of hydrogen-bond donors (Lipinski definition) is 1. The molecule has 1 atom stereocenters. The zero-order valence-corrected chi connectivity index (χ0v) is 10.1. The Morgan fingerprint density at radius 2 is 1.50 bits per heavy atom. The molecule has 6 heteroatoms. The van der Waals surface area contributed by atoms with Gasteiger partial charge in [0, 0.05) is 5.56 Å². The van der Waals surface area contributed by atoms with Crippen molar-refractivity contribution in [3.05, 3.63) is 65.2 Å². The molecule has 2 aromatic rings. The van der Waals surface area contributed by atoms with Crippen LogP contribution >= 0.6 is 0 Å². The zero-order valence-electron chi connectivity index (χ0n) is 10.1. The summed E-state index contributed by atoms with van der Waals surface area (Å²) in [6, 6.07) is 8.37. The number of alkyl halides is 2. The van der Waals surface area contributed by atoms with E-state index >= 15 is 0 Å². The van der Waals surface area contributed by atoms with E-state index in [1.807, 2.05) is 0 Å². The maximum absolute atomic E-state index is 13.6. The lowest BCUT2D eigenvalue weighted by atomic mass is 9.99. The number of aliphatic hydroxyl groups is 1. The van der Waals surface area contributed by atoms with Crippen molar-refractivity contribution in [3.8, 4) is 5.75 Å². The van der Waals surface area contributed by atoms with E-state index in [1.54, 1.807) is 0 Å². The molecule has 0 aliphatic rings. The predicted octanol–water partition coefficient (Wildman–Crippen LogP) is 3.65. The van der Waals surface area contributed by atoms with E-state index in [2.05, 4.69) is 4.74 Å². The average molecular weight is 286 g/mol. The van der Waals surface area contributed by atoms with Gasteiger partial charge in [-0.3, -0.25) is 0 Å². The lowest BCUT2D eigenvalue weighted by molar-refractivity contribution is -0.0512. The second-order valence-electron chi connectivity index (χ2n) is 3.95. The van der Waals surface area contributed by atoms with Crippen molar-refractivity contribution in [3.63, 3.8) is 0 Å². The summed E-state index contributed by atoms with van der Waals surface area (Å²) in [5.74, 6) is -2.27. The first-order valence-corrected chi connectivity index (χ1v) is 5.66. The molecule has 2 rings (SSSR count). The first kappa shape index (κ1) is 14.3. The third-order valence-electron chi connectivity index (χ3n) is 2.70. The second-order valence-corrected chi connectivity index (χ2v) is 3.95. The minimum absolute atomic E-state index is 0.142. The van der Waals surface area contributed by atoms with Crippen LogP contribution in [0.1, 0.15) is 17.2 Å². The molecule has 1 N–H and O–H groups in total. The first-order valence-electron chi connectivity index (χ1n) is 5.66. The van der Waals surface area contributed by atoms with E-state index in [9.17, 15) is 22.7 Å². The largest absolute Gasteiger partial charge is 0.434 e. The maximum Gasteiger partial charge on any atom is 0.387 e. The molecular formula is C14H10F4O2. The predicted molar refractivity (Wildman–Crippen MR) is 63.5 cm³/mol. The van der Waals surface area contributed by atoms with E-state index in [-0.39, 0.29) is 11.3 Å². The fourth-order valence-corrected chi connectivity index (χ4v) is 1.84. The van der Waals surface area contributed by atoms with E-state index < -0.39 is 29.9 Å². The van der Waals surface area contributed by atoms with Crippen LogP contribution in [0.5, 0.6) is 5.75 Å². The molecule has 0 spiro atoms. The molecule has 1 unspecified atom stereocenters. The molecule has 0 fully saturated rings. The third-order valence-corrected chi connectivity index (χ3v) is 2.70. The van der Waals surface area contributed by atoms with Gasteiger partial charge < -0.3 is 9.84 Å². The molecule has 0 radical (unpaired) electrons. The molecule has 0 aromatic heterocycles. The van der Waals surface area contributed by atoms with Crippen LogP contribution in [0.2, 0.25) is 0 Å². The van der Waals surface area contributed by atoms with Gasteiger partial charge in [-0.2, -0.15) is 8.78 Å². The lowest BCUT2D eigenvalue weighted by Gasteiger charge is -2.17. The van der Waals surface area contributed by atoms with Crippen molar-refractivity contribution in [1.29, 1.82) is 0 Å². The van der Waals surface area contributed by atoms with Crippen LogP contribution in [-0.4, -0.2) is 11.7 Å². The van der Waals surface area contributed by atoms with Gasteiger partial charge in [0.1, 0.15) is 23.5 Å². The summed E-state index contributed by atoms with van der Waals surface area (Å²) in [5.41, 5.74) is -0.755. The van der Waals surface area contributed by atoms with Crippen molar-refractivity contribution >= 4 is 0 Å². The Kier molecular flexibility index (Phi) is 4.24. The van der Waals surface area contributed by atoms with Crippen molar-refractivity contribution in [2.24, 2.45) is 0 Å². The Balaban J connectivity index is 2.46. The molecule has 0 heterocycles. The van der Waals surface area contributed by atoms with Gasteiger partial charge in [-0.25, -0.2) is 8.78 Å². The summed E-state index contributed by atoms with van der Waals surface area (Å²) in [6.07, 6.45) is -1.74. The van der Waals surface area contributed by atoms with E-state index in [1.165, 1.54) is 24.3 Å². The topological polar surface area (TPSA) is 29.5 Å². The Hall–Kier alpha value is -2.08. The highest BCUT2D eigenvalue weighted by atomic mass is 19.3. The molecule has 0 amide bonds. The molecule has 2 aromatic carbocycles. The standard InChI is InChI=1S/C14H10F4O2/c15-9-5-3-6-10(16)12(9)13(19)8-4-1-2-7-11(8)20-14(17)18/h1-7,13-14,19H. The number of hydrogen-bond acceptors (Lipinski definition) is 2. The highest BCUT2D eigenvalue weighted by Crippen LogP contribution is 2.33. The number of rotatable bonds is 4. The van der Waals surface area contributed by atoms with Crippen molar-refractivity contribution in [1.82, 2.24) is 0 Å². The van der Waals surface area contributed by atoms with E-state index in [0.717, 1.165) is 18.2 Å². The Morgan fingerprint density at radius 1 is 0.900 bits per heavy atom. The summed E-state index contributed by atoms with van der Waals surface area (Å²) >= 11 is 0. The molecular weight excluding hydrogens is 276 g/mol. The summed E-state index contributed by atoms with van der Waals surface area (Å²) in [4.78, 5) is 0. The molecule has 20 heavy (non-hydrogen) atoms. The highest BCUT2D eigenvalue weighted by molar-refractivity contribution is 5.41. The van der Waals surface area contributed by atoms with Gasteiger partial charge in [0.2, 0.25) is 0 Å². The second kappa shape index (κ2) is 5.92. The number of aliphatic hydroxyl groups excluding tert-OH is 1. The quantitative estimate of drug-likeness (QED) is 0.869. The van der Waals surface area contributed by atoms with Crippen LogP contribution in [0, 0.1) is 11.6 Å². The van der Waals surface area contributed by atoms with Crippen LogP contribution in [0.3, 0.4) is 0 Å². The highest BCUT2D eigenvalue weighted by Gasteiger charge is 2.23. The molecule has 2 nitrogen and oxygen atoms in total. The summed E-state index contributed by atoms with van der Waals surface area (Å²) in [5, 5.41) is 10.0. The number of ether oxygens (including phenoxy) is 1. The first-order chi connectivity index (χ1) is 9.50. The van der Waals surface area contributed by atoms with Crippen LogP contribution < -0.4 is 4.74 Å². The molecule has 0 aliphatic carbocycles. The minimum Gasteiger partial charge on any atom is -0.434 e. The van der Waals surface area contributed by atoms with Gasteiger partial charge in [0.25, 0.3) is 0 Å². The average Bonchev–Trinajstić information content (AvgIpc) is 2.38. The lowest BCUT2D eigenvalue weighted by Crippen LogP contribution is -2.10. The Labute approximate surface area is 112 Å². The fourth-order valence-electron chi connectivity index (χ4n) is 1.84. The Bertz CT molecular complexity index is 581. The van der Waals surface area contributed by atoms with Crippen LogP contribution in [0.4, 0.5) is 17.6 Å². The maximum atomic E-state index is 13.6. The van der Waals surface area contributed by atoms with E-state index in [4.69, 9.17) is 0 Å². The summed E-state index contributed by atoms with van der Waals surface area (Å²) < 4.78 is 56.0. The molecule has 0 saturated carbocycles. The fraction of sp³-hybridized carbons (Fsp3) is 0.143. The number of benzene rings is 2. The molecule has 0 saturated heterocycles. The summed E-state index contributed by atoms with van der Waals surface area (Å²) in [7, 11) is 0. The van der Waals surface area contributed by atoms with Crippen molar-refractivity contribution in [2.75, 3.05) is 0 Å². The van der Waals surface area contributed by atoms with Crippen LogP contribution in [0.25, 0.3) is 0 Å². The normalized spacial score (nSPS) is 12.5. The molecule has 106 valence electrons. The third kappa shape index (κ3) is 2.91. The van der Waals surface area contributed by atoms with Gasteiger partial charge >= 0.3 is 6.61 Å². The van der Waals surface area contributed by atoms with Gasteiger partial charge in [0.15, 0.2) is 0 Å². The summed E-state index contributed by atoms with van der Waals surface area (Å²) in [6.45, 7) is -3.10. The number of para-hydroxylation sites is 1. The molecule has 0 bridgehead atoms. The van der Waals surface area contributed by atoms with Crippen molar-refractivity contribution < 1.29 is 27.4 Å². The SMILES string of the molecule is OC(c1ccccc1OC(F)F)c1c(F)cccc1F. The van der Waals surface area contributed by atoms with Gasteiger partial charge in [-0.1, -0.05) is 24.3 Å². The van der Waals surface area contributed by atoms with Gasteiger partial charge in [-0.15, -0.1) is 0 Å². The zero-order chi connectivity index (χ0) is 14.7. The van der Waals surface area contributed by atoms with Gasteiger partial charge in [-0.05, 0) is 18.2 Å². The van der Waals surface area contributed by atoms with Gasteiger partial charge in [0.05, 0.1) is 5.56 Å².